The summed E-state index contributed by atoms with van der Waals surface area (Å²) in [4.78, 5) is 28.2. The van der Waals surface area contributed by atoms with Gasteiger partial charge in [0.2, 0.25) is 0 Å². The third kappa shape index (κ3) is 3.30. The van der Waals surface area contributed by atoms with Gasteiger partial charge in [0.15, 0.2) is 5.56 Å². The fourth-order valence-corrected chi connectivity index (χ4v) is 3.41. The Hall–Kier alpha value is -2.80. The van der Waals surface area contributed by atoms with E-state index >= 15 is 0 Å². The summed E-state index contributed by atoms with van der Waals surface area (Å²) in [5, 5.41) is 19.4. The van der Waals surface area contributed by atoms with Crippen molar-refractivity contribution in [3.63, 3.8) is 0 Å². The van der Waals surface area contributed by atoms with Crippen LogP contribution in [0.1, 0.15) is 35.7 Å². The first-order chi connectivity index (χ1) is 12.4. The number of carbonyl (C=O) groups is 1. The van der Waals surface area contributed by atoms with Crippen LogP contribution in [0.4, 0.5) is 5.69 Å². The molecule has 0 saturated carbocycles. The van der Waals surface area contributed by atoms with Crippen molar-refractivity contribution >= 4 is 11.7 Å². The molecule has 26 heavy (non-hydrogen) atoms. The van der Waals surface area contributed by atoms with Gasteiger partial charge in [0.25, 0.3) is 5.56 Å². The molecule has 0 radical (unpaired) electrons. The number of aromatic carboxylic acids is 1. The number of aromatic hydroxyl groups is 1. The summed E-state index contributed by atoms with van der Waals surface area (Å²) >= 11 is 0. The molecule has 0 amide bonds. The van der Waals surface area contributed by atoms with E-state index in [1.165, 1.54) is 0 Å². The van der Waals surface area contributed by atoms with Crippen molar-refractivity contribution in [3.05, 3.63) is 45.7 Å². The van der Waals surface area contributed by atoms with Gasteiger partial charge in [0.1, 0.15) is 5.75 Å². The maximum absolute atomic E-state index is 12.1. The topological polar surface area (TPSA) is 120 Å². The number of hydrogen-bond acceptors (Lipinski definition) is 5. The van der Waals surface area contributed by atoms with Crippen molar-refractivity contribution in [1.29, 1.82) is 0 Å². The quantitative estimate of drug-likeness (QED) is 0.664. The molecule has 1 saturated heterocycles. The number of aromatic amines is 1. The molecule has 0 spiro atoms. The van der Waals surface area contributed by atoms with E-state index in [0.29, 0.717) is 17.7 Å². The molecule has 0 unspecified atom stereocenters. The molecule has 2 heterocycles. The van der Waals surface area contributed by atoms with Crippen molar-refractivity contribution in [2.75, 3.05) is 18.0 Å². The van der Waals surface area contributed by atoms with Crippen molar-refractivity contribution in [3.8, 4) is 17.0 Å². The molecule has 0 atom stereocenters. The number of carboxylic acid groups (broad SMARTS) is 1. The number of nitrogens with zero attached hydrogens (tertiary/aromatic N) is 1. The minimum atomic E-state index is -1.44. The van der Waals surface area contributed by atoms with E-state index in [1.54, 1.807) is 6.92 Å². The van der Waals surface area contributed by atoms with Crippen LogP contribution < -0.4 is 16.2 Å². The number of H-pyrrole nitrogens is 1. The van der Waals surface area contributed by atoms with Gasteiger partial charge in [-0.25, -0.2) is 4.79 Å². The van der Waals surface area contributed by atoms with E-state index in [2.05, 4.69) is 9.88 Å². The van der Waals surface area contributed by atoms with Gasteiger partial charge in [-0.3, -0.25) is 4.79 Å². The number of hydrogen-bond donors (Lipinski definition) is 4. The smallest absolute Gasteiger partial charge is 0.345 e. The highest BCUT2D eigenvalue weighted by atomic mass is 16.4. The Balaban J connectivity index is 1.97. The molecule has 1 aliphatic rings. The number of carboxylic acids is 1. The van der Waals surface area contributed by atoms with Crippen molar-refractivity contribution in [2.24, 2.45) is 5.73 Å². The normalized spacial score (nSPS) is 15.2. The van der Waals surface area contributed by atoms with Crippen molar-refractivity contribution < 1.29 is 15.0 Å². The SMILES string of the molecule is CCc1c(-c2ccc(N3CCC(N)CC3)cc2)[nH]c(=O)c(C(=O)O)c1O. The maximum Gasteiger partial charge on any atom is 0.345 e. The highest BCUT2D eigenvalue weighted by molar-refractivity contribution is 5.92. The lowest BCUT2D eigenvalue weighted by atomic mass is 10.00. The highest BCUT2D eigenvalue weighted by Crippen LogP contribution is 2.31. The zero-order valence-electron chi connectivity index (χ0n) is 14.7. The number of nitrogens with one attached hydrogen (secondary N) is 1. The molecule has 3 rings (SSSR count). The second kappa shape index (κ2) is 7.21. The van der Waals surface area contributed by atoms with E-state index in [0.717, 1.165) is 37.2 Å². The summed E-state index contributed by atoms with van der Waals surface area (Å²) in [7, 11) is 0. The first kappa shape index (κ1) is 18.0. The Morgan fingerprint density at radius 2 is 1.88 bits per heavy atom. The number of piperidine rings is 1. The van der Waals surface area contributed by atoms with E-state index in [-0.39, 0.29) is 6.04 Å². The van der Waals surface area contributed by atoms with Gasteiger partial charge in [-0.2, -0.15) is 0 Å². The molecule has 2 aromatic rings. The number of nitrogens with two attached hydrogens (primary N) is 1. The summed E-state index contributed by atoms with van der Waals surface area (Å²) in [5.74, 6) is -1.91. The van der Waals surface area contributed by atoms with E-state index in [9.17, 15) is 14.7 Å². The standard InChI is InChI=1S/C19H23N3O4/c1-2-14-16(21-18(24)15(17(14)23)19(25)26)11-3-5-13(6-4-11)22-9-7-12(20)8-10-22/h3-6,12H,2,7-10,20H2,1H3,(H,25,26)(H2,21,23,24). The number of anilines is 1. The van der Waals surface area contributed by atoms with Crippen LogP contribution in [0.2, 0.25) is 0 Å². The monoisotopic (exact) mass is 357 g/mol. The van der Waals surface area contributed by atoms with Crippen LogP contribution in [0, 0.1) is 0 Å². The Morgan fingerprint density at radius 3 is 2.42 bits per heavy atom. The number of rotatable bonds is 4. The van der Waals surface area contributed by atoms with Gasteiger partial charge >= 0.3 is 5.97 Å². The molecule has 7 heteroatoms. The Labute approximate surface area is 151 Å². The summed E-state index contributed by atoms with van der Waals surface area (Å²) < 4.78 is 0. The zero-order valence-corrected chi connectivity index (χ0v) is 14.7. The number of pyridine rings is 1. The van der Waals surface area contributed by atoms with Crippen molar-refractivity contribution in [1.82, 2.24) is 4.98 Å². The third-order valence-corrected chi connectivity index (χ3v) is 4.92. The maximum atomic E-state index is 12.1. The Morgan fingerprint density at radius 1 is 1.27 bits per heavy atom. The second-order valence-corrected chi connectivity index (χ2v) is 6.56. The average molecular weight is 357 g/mol. The van der Waals surface area contributed by atoms with Crippen molar-refractivity contribution in [2.45, 2.75) is 32.2 Å². The van der Waals surface area contributed by atoms with Crippen LogP contribution in [0.25, 0.3) is 11.3 Å². The first-order valence-electron chi connectivity index (χ1n) is 8.74. The van der Waals surface area contributed by atoms with Crippen LogP contribution in [0.15, 0.2) is 29.1 Å². The lowest BCUT2D eigenvalue weighted by Crippen LogP contribution is -2.39. The zero-order chi connectivity index (χ0) is 18.8. The van der Waals surface area contributed by atoms with Crippen LogP contribution >= 0.6 is 0 Å². The van der Waals surface area contributed by atoms with Crippen LogP contribution in [0.3, 0.4) is 0 Å². The second-order valence-electron chi connectivity index (χ2n) is 6.56. The molecular formula is C19H23N3O4. The average Bonchev–Trinajstić information content (AvgIpc) is 2.62. The predicted molar refractivity (Wildman–Crippen MR) is 99.9 cm³/mol. The fraction of sp³-hybridized carbons (Fsp3) is 0.368. The van der Waals surface area contributed by atoms with Crippen LogP contribution in [-0.2, 0) is 6.42 Å². The minimum absolute atomic E-state index is 0.262. The van der Waals surface area contributed by atoms with Gasteiger partial charge in [0, 0.05) is 30.4 Å². The molecule has 5 N–H and O–H groups in total. The largest absolute Gasteiger partial charge is 0.506 e. The lowest BCUT2D eigenvalue weighted by Gasteiger charge is -2.32. The first-order valence-corrected chi connectivity index (χ1v) is 8.74. The van der Waals surface area contributed by atoms with Gasteiger partial charge in [0.05, 0.1) is 5.69 Å². The van der Waals surface area contributed by atoms with E-state index < -0.39 is 22.8 Å². The molecule has 0 bridgehead atoms. The molecule has 1 fully saturated rings. The minimum Gasteiger partial charge on any atom is -0.506 e. The number of benzene rings is 1. The molecule has 1 aliphatic heterocycles. The van der Waals surface area contributed by atoms with Crippen LogP contribution in [-0.4, -0.2) is 40.3 Å². The Kier molecular flexibility index (Phi) is 4.99. The van der Waals surface area contributed by atoms with Gasteiger partial charge in [-0.05, 0) is 37.0 Å². The predicted octanol–water partition coefficient (Wildman–Crippen LogP) is 1.94. The van der Waals surface area contributed by atoms with Gasteiger partial charge < -0.3 is 25.8 Å². The summed E-state index contributed by atoms with van der Waals surface area (Å²) in [6, 6.07) is 7.93. The molecule has 138 valence electrons. The summed E-state index contributed by atoms with van der Waals surface area (Å²) in [6.45, 7) is 3.62. The van der Waals surface area contributed by atoms with E-state index in [1.807, 2.05) is 24.3 Å². The summed E-state index contributed by atoms with van der Waals surface area (Å²) in [5.41, 5.74) is 7.18. The molecular weight excluding hydrogens is 334 g/mol. The Bertz CT molecular complexity index is 866. The molecule has 7 nitrogen and oxygen atoms in total. The number of aromatic nitrogens is 1. The van der Waals surface area contributed by atoms with Gasteiger partial charge in [-0.15, -0.1) is 0 Å². The summed E-state index contributed by atoms with van der Waals surface area (Å²) in [6.07, 6.45) is 2.31. The van der Waals surface area contributed by atoms with E-state index in [4.69, 9.17) is 10.8 Å². The lowest BCUT2D eigenvalue weighted by molar-refractivity contribution is 0.0691. The molecule has 1 aromatic heterocycles. The van der Waals surface area contributed by atoms with Gasteiger partial charge in [-0.1, -0.05) is 19.1 Å². The fourth-order valence-electron chi connectivity index (χ4n) is 3.41. The third-order valence-electron chi connectivity index (χ3n) is 4.92. The highest BCUT2D eigenvalue weighted by Gasteiger charge is 2.22. The molecule has 0 aliphatic carbocycles. The van der Waals surface area contributed by atoms with Crippen LogP contribution in [0.5, 0.6) is 5.75 Å². The molecule has 1 aromatic carbocycles.